The monoisotopic (exact) mass is 437 g/mol. The molecule has 0 aliphatic rings. The van der Waals surface area contributed by atoms with Gasteiger partial charge in [-0.25, -0.2) is 18.7 Å². The lowest BCUT2D eigenvalue weighted by Gasteiger charge is -2.15. The molecule has 0 aliphatic heterocycles. The first kappa shape index (κ1) is 21.3. The molecule has 0 atom stereocenters. The lowest BCUT2D eigenvalue weighted by Crippen LogP contribution is -2.05. The van der Waals surface area contributed by atoms with Crippen LogP contribution in [0.1, 0.15) is 5.56 Å². The standard InChI is InChI=1S/C24H21F2N3O3/c1-30-20-11-15(12-21(31-2)22(20)32-3)23-28-19-7-5-4-6-16(19)24(29-23)27-13-14-8-9-17(25)18(26)10-14/h4-12H,13H2,1-3H3,(H,27,28,29). The molecule has 0 fully saturated rings. The number of fused-ring (bicyclic) bond motifs is 1. The zero-order chi connectivity index (χ0) is 22.7. The van der Waals surface area contributed by atoms with Crippen LogP contribution in [0, 0.1) is 11.6 Å². The van der Waals surface area contributed by atoms with Gasteiger partial charge < -0.3 is 19.5 Å². The van der Waals surface area contributed by atoms with Crippen LogP contribution in [0.5, 0.6) is 17.2 Å². The third kappa shape index (κ3) is 4.12. The highest BCUT2D eigenvalue weighted by molar-refractivity contribution is 5.90. The van der Waals surface area contributed by atoms with Gasteiger partial charge in [-0.15, -0.1) is 0 Å². The van der Waals surface area contributed by atoms with E-state index in [9.17, 15) is 8.78 Å². The van der Waals surface area contributed by atoms with E-state index in [4.69, 9.17) is 19.2 Å². The number of hydrogen-bond acceptors (Lipinski definition) is 6. The van der Waals surface area contributed by atoms with Crippen molar-refractivity contribution in [2.75, 3.05) is 26.6 Å². The van der Waals surface area contributed by atoms with Gasteiger partial charge >= 0.3 is 0 Å². The molecule has 6 nitrogen and oxygen atoms in total. The first-order chi connectivity index (χ1) is 15.5. The van der Waals surface area contributed by atoms with Gasteiger partial charge in [-0.2, -0.15) is 0 Å². The summed E-state index contributed by atoms with van der Waals surface area (Å²) >= 11 is 0. The molecule has 32 heavy (non-hydrogen) atoms. The van der Waals surface area contributed by atoms with Gasteiger partial charge in [0.2, 0.25) is 5.75 Å². The van der Waals surface area contributed by atoms with Crippen molar-refractivity contribution in [1.29, 1.82) is 0 Å². The summed E-state index contributed by atoms with van der Waals surface area (Å²) in [6.07, 6.45) is 0. The van der Waals surface area contributed by atoms with Crippen LogP contribution in [-0.4, -0.2) is 31.3 Å². The summed E-state index contributed by atoms with van der Waals surface area (Å²) in [7, 11) is 4.61. The van der Waals surface area contributed by atoms with Gasteiger partial charge in [-0.05, 0) is 42.0 Å². The second kappa shape index (κ2) is 9.05. The number of rotatable bonds is 7. The van der Waals surface area contributed by atoms with Gasteiger partial charge in [-0.3, -0.25) is 0 Å². The number of anilines is 1. The van der Waals surface area contributed by atoms with Crippen LogP contribution in [0.15, 0.2) is 54.6 Å². The number of ether oxygens (including phenoxy) is 3. The van der Waals surface area contributed by atoms with Crippen molar-refractivity contribution in [2.45, 2.75) is 6.54 Å². The highest BCUT2D eigenvalue weighted by atomic mass is 19.2. The van der Waals surface area contributed by atoms with Crippen molar-refractivity contribution in [3.8, 4) is 28.6 Å². The van der Waals surface area contributed by atoms with Crippen LogP contribution in [0.4, 0.5) is 14.6 Å². The molecular weight excluding hydrogens is 416 g/mol. The minimum atomic E-state index is -0.894. The maximum atomic E-state index is 13.6. The first-order valence-corrected chi connectivity index (χ1v) is 9.79. The summed E-state index contributed by atoms with van der Waals surface area (Å²) in [5.74, 6) is 0.654. The second-order valence-corrected chi connectivity index (χ2v) is 6.93. The third-order valence-corrected chi connectivity index (χ3v) is 4.97. The third-order valence-electron chi connectivity index (χ3n) is 4.97. The maximum Gasteiger partial charge on any atom is 0.203 e. The van der Waals surface area contributed by atoms with Gasteiger partial charge in [0, 0.05) is 17.5 Å². The Morgan fingerprint density at radius 2 is 1.53 bits per heavy atom. The molecule has 3 aromatic carbocycles. The molecular formula is C24H21F2N3O3. The topological polar surface area (TPSA) is 65.5 Å². The molecule has 0 radical (unpaired) electrons. The largest absolute Gasteiger partial charge is 0.493 e. The molecule has 4 rings (SSSR count). The van der Waals surface area contributed by atoms with Crippen molar-refractivity contribution in [1.82, 2.24) is 9.97 Å². The van der Waals surface area contributed by atoms with E-state index in [1.54, 1.807) is 12.1 Å². The molecule has 1 aromatic heterocycles. The lowest BCUT2D eigenvalue weighted by atomic mass is 10.1. The molecule has 0 bridgehead atoms. The average Bonchev–Trinajstić information content (AvgIpc) is 2.83. The van der Waals surface area contributed by atoms with E-state index < -0.39 is 11.6 Å². The Bertz CT molecular complexity index is 1260. The minimum absolute atomic E-state index is 0.257. The Balaban J connectivity index is 1.78. The van der Waals surface area contributed by atoms with Gasteiger partial charge in [0.05, 0.1) is 26.8 Å². The smallest absolute Gasteiger partial charge is 0.203 e. The van der Waals surface area contributed by atoms with Crippen molar-refractivity contribution >= 4 is 16.7 Å². The van der Waals surface area contributed by atoms with Crippen LogP contribution >= 0.6 is 0 Å². The van der Waals surface area contributed by atoms with Crippen molar-refractivity contribution in [3.05, 3.63) is 71.8 Å². The highest BCUT2D eigenvalue weighted by Crippen LogP contribution is 2.41. The van der Waals surface area contributed by atoms with Crippen LogP contribution in [0.3, 0.4) is 0 Å². The maximum absolute atomic E-state index is 13.6. The van der Waals surface area contributed by atoms with E-state index in [2.05, 4.69) is 10.3 Å². The van der Waals surface area contributed by atoms with Crippen LogP contribution in [0.2, 0.25) is 0 Å². The molecule has 164 valence electrons. The predicted octanol–water partition coefficient (Wildman–Crippen LogP) is 5.21. The summed E-state index contributed by atoms with van der Waals surface area (Å²) in [5, 5.41) is 4.01. The zero-order valence-corrected chi connectivity index (χ0v) is 17.8. The van der Waals surface area contributed by atoms with Gasteiger partial charge in [0.15, 0.2) is 29.0 Å². The van der Waals surface area contributed by atoms with Gasteiger partial charge in [-0.1, -0.05) is 18.2 Å². The average molecular weight is 437 g/mol. The summed E-state index contributed by atoms with van der Waals surface area (Å²) in [5.41, 5.74) is 1.97. The minimum Gasteiger partial charge on any atom is -0.493 e. The number of nitrogens with one attached hydrogen (secondary N) is 1. The molecule has 1 N–H and O–H groups in total. The number of aromatic nitrogens is 2. The fourth-order valence-corrected chi connectivity index (χ4v) is 3.39. The Labute approximate surface area is 183 Å². The van der Waals surface area contributed by atoms with E-state index in [0.717, 1.165) is 23.0 Å². The summed E-state index contributed by atoms with van der Waals surface area (Å²) < 4.78 is 43.1. The molecule has 0 saturated carbocycles. The van der Waals surface area contributed by atoms with Crippen LogP contribution < -0.4 is 19.5 Å². The highest BCUT2D eigenvalue weighted by Gasteiger charge is 2.17. The molecule has 1 heterocycles. The molecule has 0 saturated heterocycles. The number of para-hydroxylation sites is 1. The Morgan fingerprint density at radius 1 is 0.812 bits per heavy atom. The molecule has 0 aliphatic carbocycles. The van der Waals surface area contributed by atoms with Crippen molar-refractivity contribution < 1.29 is 23.0 Å². The predicted molar refractivity (Wildman–Crippen MR) is 118 cm³/mol. The van der Waals surface area contributed by atoms with Crippen molar-refractivity contribution in [3.63, 3.8) is 0 Å². The number of halogens is 2. The molecule has 0 unspecified atom stereocenters. The van der Waals surface area contributed by atoms with Crippen molar-refractivity contribution in [2.24, 2.45) is 0 Å². The fraction of sp³-hybridized carbons (Fsp3) is 0.167. The fourth-order valence-electron chi connectivity index (χ4n) is 3.39. The van der Waals surface area contributed by atoms with E-state index in [1.807, 2.05) is 24.3 Å². The molecule has 4 aromatic rings. The Kier molecular flexibility index (Phi) is 6.02. The van der Waals surface area contributed by atoms with Gasteiger partial charge in [0.25, 0.3) is 0 Å². The number of hydrogen-bond donors (Lipinski definition) is 1. The number of methoxy groups -OCH3 is 3. The number of nitrogens with zero attached hydrogens (tertiary/aromatic N) is 2. The van der Waals surface area contributed by atoms with E-state index >= 15 is 0 Å². The molecule has 0 amide bonds. The first-order valence-electron chi connectivity index (χ1n) is 9.79. The van der Waals surface area contributed by atoms with Crippen LogP contribution in [-0.2, 0) is 6.54 Å². The Morgan fingerprint density at radius 3 is 2.19 bits per heavy atom. The van der Waals surface area contributed by atoms with Crippen LogP contribution in [0.25, 0.3) is 22.3 Å². The summed E-state index contributed by atoms with van der Waals surface area (Å²) in [4.78, 5) is 9.37. The van der Waals surface area contributed by atoms with E-state index in [0.29, 0.717) is 40.0 Å². The number of benzene rings is 3. The molecule has 8 heteroatoms. The SMILES string of the molecule is COc1cc(-c2nc(NCc3ccc(F)c(F)c3)c3ccccc3n2)cc(OC)c1OC. The summed E-state index contributed by atoms with van der Waals surface area (Å²) in [6, 6.07) is 14.9. The van der Waals surface area contributed by atoms with E-state index in [-0.39, 0.29) is 6.54 Å². The zero-order valence-electron chi connectivity index (χ0n) is 17.8. The van der Waals surface area contributed by atoms with Gasteiger partial charge in [0.1, 0.15) is 5.82 Å². The van der Waals surface area contributed by atoms with E-state index in [1.165, 1.54) is 27.4 Å². The second-order valence-electron chi connectivity index (χ2n) is 6.93. The lowest BCUT2D eigenvalue weighted by molar-refractivity contribution is 0.324. The quantitative estimate of drug-likeness (QED) is 0.428. The summed E-state index contributed by atoms with van der Waals surface area (Å²) in [6.45, 7) is 0.257. The molecule has 0 spiro atoms. The normalized spacial score (nSPS) is 10.8. The Hall–Kier alpha value is -3.94.